The molecular formula is C17H22N4O3. The van der Waals surface area contributed by atoms with Crippen LogP contribution in [-0.2, 0) is 27.8 Å². The topological polar surface area (TPSA) is 86.1 Å². The van der Waals surface area contributed by atoms with Crippen molar-refractivity contribution in [2.24, 2.45) is 7.05 Å². The molecule has 0 aliphatic rings. The number of nitrogens with one attached hydrogen (secondary N) is 1. The monoisotopic (exact) mass is 330 g/mol. The van der Waals surface area contributed by atoms with Crippen molar-refractivity contribution in [3.05, 3.63) is 41.0 Å². The Morgan fingerprint density at radius 2 is 2.00 bits per heavy atom. The Hall–Kier alpha value is -2.70. The number of pyridine rings is 1. The molecule has 0 spiro atoms. The first-order chi connectivity index (χ1) is 11.3. The zero-order valence-electron chi connectivity index (χ0n) is 14.6. The summed E-state index contributed by atoms with van der Waals surface area (Å²) in [5, 5.41) is 7.00. The van der Waals surface area contributed by atoms with Gasteiger partial charge < -0.3 is 10.1 Å². The summed E-state index contributed by atoms with van der Waals surface area (Å²) in [6, 6.07) is 3.64. The van der Waals surface area contributed by atoms with Gasteiger partial charge in [0.1, 0.15) is 0 Å². The summed E-state index contributed by atoms with van der Waals surface area (Å²) in [5.74, 6) is -0.854. The van der Waals surface area contributed by atoms with Crippen LogP contribution < -0.4 is 5.32 Å². The molecule has 2 rings (SSSR count). The number of nitrogens with zero attached hydrogens (tertiary/aromatic N) is 3. The van der Waals surface area contributed by atoms with Crippen molar-refractivity contribution in [3.8, 4) is 0 Å². The lowest BCUT2D eigenvalue weighted by Gasteiger charge is -2.14. The highest BCUT2D eigenvalue weighted by Gasteiger charge is 2.21. The number of ether oxygens (including phenoxy) is 1. The van der Waals surface area contributed by atoms with Crippen molar-refractivity contribution in [3.63, 3.8) is 0 Å². The molecule has 2 aromatic heterocycles. The van der Waals surface area contributed by atoms with Gasteiger partial charge in [0.05, 0.1) is 23.5 Å². The third kappa shape index (κ3) is 4.18. The summed E-state index contributed by atoms with van der Waals surface area (Å²) in [7, 11) is 1.80. The summed E-state index contributed by atoms with van der Waals surface area (Å²) in [5.41, 5.74) is 3.82. The van der Waals surface area contributed by atoms with E-state index in [-0.39, 0.29) is 12.3 Å². The Kier molecular flexibility index (Phi) is 5.33. The van der Waals surface area contributed by atoms with Crippen LogP contribution in [0.2, 0.25) is 0 Å². The minimum absolute atomic E-state index is 0.0792. The van der Waals surface area contributed by atoms with E-state index in [0.29, 0.717) is 11.4 Å². The van der Waals surface area contributed by atoms with E-state index in [1.165, 1.54) is 0 Å². The Balaban J connectivity index is 1.93. The van der Waals surface area contributed by atoms with E-state index in [9.17, 15) is 9.59 Å². The van der Waals surface area contributed by atoms with Crippen LogP contribution in [0.3, 0.4) is 0 Å². The van der Waals surface area contributed by atoms with Crippen LogP contribution in [0.1, 0.15) is 29.6 Å². The van der Waals surface area contributed by atoms with Gasteiger partial charge in [0, 0.05) is 18.9 Å². The third-order valence-corrected chi connectivity index (χ3v) is 3.76. The number of esters is 1. The maximum Gasteiger partial charge on any atom is 0.311 e. The maximum atomic E-state index is 12.2. The van der Waals surface area contributed by atoms with Crippen molar-refractivity contribution in [2.45, 2.75) is 40.2 Å². The highest BCUT2D eigenvalue weighted by atomic mass is 16.5. The molecule has 1 atom stereocenters. The fraction of sp³-hybridized carbons (Fsp3) is 0.412. The summed E-state index contributed by atoms with van der Waals surface area (Å²) in [4.78, 5) is 28.3. The first kappa shape index (κ1) is 17.7. The molecule has 0 aliphatic heterocycles. The van der Waals surface area contributed by atoms with Crippen LogP contribution in [0, 0.1) is 20.8 Å². The smallest absolute Gasteiger partial charge is 0.311 e. The van der Waals surface area contributed by atoms with E-state index in [1.54, 1.807) is 24.9 Å². The number of carbonyl (C=O) groups is 2. The first-order valence-corrected chi connectivity index (χ1v) is 7.70. The number of hydrogen-bond acceptors (Lipinski definition) is 5. The molecule has 1 amide bonds. The van der Waals surface area contributed by atoms with E-state index >= 15 is 0 Å². The fourth-order valence-electron chi connectivity index (χ4n) is 2.24. The molecule has 0 aromatic carbocycles. The van der Waals surface area contributed by atoms with E-state index in [2.05, 4.69) is 15.4 Å². The molecule has 2 heterocycles. The SMILES string of the molecule is Cc1ccc(CC(=O)OC(C)C(=O)Nc2c(C)nn(C)c2C)cn1. The lowest BCUT2D eigenvalue weighted by molar-refractivity contribution is -0.152. The van der Waals surface area contributed by atoms with Gasteiger partial charge in [-0.05, 0) is 39.3 Å². The van der Waals surface area contributed by atoms with Gasteiger partial charge in [-0.2, -0.15) is 5.10 Å². The number of anilines is 1. The zero-order valence-corrected chi connectivity index (χ0v) is 14.6. The predicted octanol–water partition coefficient (Wildman–Crippen LogP) is 1.85. The first-order valence-electron chi connectivity index (χ1n) is 7.70. The van der Waals surface area contributed by atoms with E-state index in [0.717, 1.165) is 17.0 Å². The average molecular weight is 330 g/mol. The number of amides is 1. The number of aryl methyl sites for hydroxylation is 3. The van der Waals surface area contributed by atoms with Gasteiger partial charge in [-0.3, -0.25) is 19.3 Å². The van der Waals surface area contributed by atoms with Crippen molar-refractivity contribution in [1.82, 2.24) is 14.8 Å². The van der Waals surface area contributed by atoms with Crippen molar-refractivity contribution < 1.29 is 14.3 Å². The van der Waals surface area contributed by atoms with Crippen molar-refractivity contribution >= 4 is 17.6 Å². The number of hydrogen-bond donors (Lipinski definition) is 1. The summed E-state index contributed by atoms with van der Waals surface area (Å²) >= 11 is 0. The molecule has 1 unspecified atom stereocenters. The molecular weight excluding hydrogens is 308 g/mol. The molecule has 7 nitrogen and oxygen atoms in total. The Bertz CT molecular complexity index is 750. The van der Waals surface area contributed by atoms with Crippen LogP contribution in [0.5, 0.6) is 0 Å². The lowest BCUT2D eigenvalue weighted by Crippen LogP contribution is -2.30. The van der Waals surface area contributed by atoms with Crippen LogP contribution in [0.4, 0.5) is 5.69 Å². The standard InChI is InChI=1S/C17H22N4O3/c1-10-6-7-14(9-18-10)8-15(22)24-13(4)17(23)19-16-11(2)20-21(5)12(16)3/h6-7,9,13H,8H2,1-5H3,(H,19,23). The van der Waals surface area contributed by atoms with Gasteiger partial charge in [-0.25, -0.2) is 0 Å². The minimum atomic E-state index is -0.894. The largest absolute Gasteiger partial charge is 0.452 e. The van der Waals surface area contributed by atoms with Gasteiger partial charge in [0.2, 0.25) is 0 Å². The molecule has 0 aliphatic carbocycles. The van der Waals surface area contributed by atoms with Gasteiger partial charge in [-0.15, -0.1) is 0 Å². The second-order valence-electron chi connectivity index (χ2n) is 5.78. The molecule has 0 saturated heterocycles. The predicted molar refractivity (Wildman–Crippen MR) is 89.5 cm³/mol. The van der Waals surface area contributed by atoms with Gasteiger partial charge in [0.25, 0.3) is 5.91 Å². The molecule has 0 fully saturated rings. The van der Waals surface area contributed by atoms with E-state index in [1.807, 2.05) is 32.9 Å². The molecule has 0 saturated carbocycles. The number of aromatic nitrogens is 3. The van der Waals surface area contributed by atoms with E-state index in [4.69, 9.17) is 4.74 Å². The Labute approximate surface area is 141 Å². The Morgan fingerprint density at radius 3 is 2.54 bits per heavy atom. The third-order valence-electron chi connectivity index (χ3n) is 3.76. The van der Waals surface area contributed by atoms with Crippen molar-refractivity contribution in [1.29, 1.82) is 0 Å². The van der Waals surface area contributed by atoms with Gasteiger partial charge >= 0.3 is 5.97 Å². The molecule has 7 heteroatoms. The van der Waals surface area contributed by atoms with Gasteiger partial charge in [-0.1, -0.05) is 6.07 Å². The molecule has 24 heavy (non-hydrogen) atoms. The summed E-state index contributed by atoms with van der Waals surface area (Å²) in [6.45, 7) is 7.08. The van der Waals surface area contributed by atoms with Crippen LogP contribution >= 0.6 is 0 Å². The maximum absolute atomic E-state index is 12.2. The molecule has 0 radical (unpaired) electrons. The number of carbonyl (C=O) groups excluding carboxylic acids is 2. The molecule has 128 valence electrons. The summed E-state index contributed by atoms with van der Waals surface area (Å²) in [6.07, 6.45) is 0.814. The van der Waals surface area contributed by atoms with E-state index < -0.39 is 12.1 Å². The quantitative estimate of drug-likeness (QED) is 0.846. The zero-order chi connectivity index (χ0) is 17.9. The van der Waals surface area contributed by atoms with Crippen LogP contribution in [0.25, 0.3) is 0 Å². The lowest BCUT2D eigenvalue weighted by atomic mass is 10.2. The highest BCUT2D eigenvalue weighted by molar-refractivity contribution is 5.96. The second-order valence-corrected chi connectivity index (χ2v) is 5.78. The Morgan fingerprint density at radius 1 is 1.29 bits per heavy atom. The van der Waals surface area contributed by atoms with Gasteiger partial charge in [0.15, 0.2) is 6.10 Å². The molecule has 2 aromatic rings. The normalized spacial score (nSPS) is 11.9. The van der Waals surface area contributed by atoms with Crippen LogP contribution in [0.15, 0.2) is 18.3 Å². The average Bonchev–Trinajstić information content (AvgIpc) is 2.75. The minimum Gasteiger partial charge on any atom is -0.452 e. The van der Waals surface area contributed by atoms with Crippen molar-refractivity contribution in [2.75, 3.05) is 5.32 Å². The second kappa shape index (κ2) is 7.25. The molecule has 1 N–H and O–H groups in total. The van der Waals surface area contributed by atoms with Crippen LogP contribution in [-0.4, -0.2) is 32.7 Å². The summed E-state index contributed by atoms with van der Waals surface area (Å²) < 4.78 is 6.89. The highest BCUT2D eigenvalue weighted by Crippen LogP contribution is 2.18. The fourth-order valence-corrected chi connectivity index (χ4v) is 2.24. The number of rotatable bonds is 5. The molecule has 0 bridgehead atoms.